The van der Waals surface area contributed by atoms with E-state index in [1.54, 1.807) is 26.0 Å². The summed E-state index contributed by atoms with van der Waals surface area (Å²) in [5.74, 6) is 2.68. The summed E-state index contributed by atoms with van der Waals surface area (Å²) in [6.07, 6.45) is 0. The second-order valence-electron chi connectivity index (χ2n) is 5.12. The van der Waals surface area contributed by atoms with Crippen LogP contribution in [0.25, 0.3) is 0 Å². The second kappa shape index (κ2) is 12.1. The van der Waals surface area contributed by atoms with E-state index in [-0.39, 0.29) is 24.0 Å². The zero-order chi connectivity index (χ0) is 18.1. The molecule has 0 aromatic heterocycles. The van der Waals surface area contributed by atoms with Crippen LogP contribution in [0, 0.1) is 0 Å². The largest absolute Gasteiger partial charge is 0.493 e. The molecule has 3 N–H and O–H groups in total. The minimum atomic E-state index is 0. The van der Waals surface area contributed by atoms with E-state index in [2.05, 4.69) is 10.3 Å². The van der Waals surface area contributed by atoms with Crippen LogP contribution in [-0.4, -0.2) is 32.5 Å². The van der Waals surface area contributed by atoms with Crippen molar-refractivity contribution >= 4 is 53.3 Å². The number of hydrogen-bond acceptors (Lipinski definition) is 4. The summed E-state index contributed by atoms with van der Waals surface area (Å²) in [5.41, 5.74) is 6.90. The maximum Gasteiger partial charge on any atom is 0.188 e. The van der Waals surface area contributed by atoms with E-state index in [1.165, 1.54) is 4.90 Å². The van der Waals surface area contributed by atoms with Gasteiger partial charge in [-0.1, -0.05) is 17.7 Å². The van der Waals surface area contributed by atoms with Gasteiger partial charge in [-0.05, 0) is 42.0 Å². The Morgan fingerprint density at radius 3 is 2.46 bits per heavy atom. The molecule has 0 bridgehead atoms. The summed E-state index contributed by atoms with van der Waals surface area (Å²) >= 11 is 7.60. The summed E-state index contributed by atoms with van der Waals surface area (Å²) in [6.45, 7) is 1.21. The van der Waals surface area contributed by atoms with Crippen molar-refractivity contribution in [3.05, 3.63) is 53.1 Å². The predicted octanol–water partition coefficient (Wildman–Crippen LogP) is 4.17. The Balaban J connectivity index is 0.00000338. The smallest absolute Gasteiger partial charge is 0.188 e. The first kappa shape index (κ1) is 22.7. The van der Waals surface area contributed by atoms with E-state index in [1.807, 2.05) is 42.5 Å². The molecule has 0 saturated carbocycles. The first-order valence-electron chi connectivity index (χ1n) is 7.75. The van der Waals surface area contributed by atoms with Crippen LogP contribution in [0.4, 0.5) is 0 Å². The number of nitrogens with two attached hydrogens (primary N) is 1. The predicted molar refractivity (Wildman–Crippen MR) is 120 cm³/mol. The van der Waals surface area contributed by atoms with Crippen LogP contribution < -0.4 is 20.5 Å². The van der Waals surface area contributed by atoms with Gasteiger partial charge in [-0.15, -0.1) is 35.7 Å². The van der Waals surface area contributed by atoms with Crippen LogP contribution in [0.15, 0.2) is 52.4 Å². The summed E-state index contributed by atoms with van der Waals surface area (Å²) in [4.78, 5) is 5.51. The fourth-order valence-corrected chi connectivity index (χ4v) is 2.98. The van der Waals surface area contributed by atoms with E-state index < -0.39 is 0 Å². The fourth-order valence-electron chi connectivity index (χ4n) is 2.09. The normalized spacial score (nSPS) is 10.8. The molecule has 8 heteroatoms. The standard InChI is InChI=1S/C18H22ClN3O2S.HI/c1-23-16-8-3-13(11-17(16)24-2)12-22-18(20)21-9-10-25-15-6-4-14(19)5-7-15;/h3-8,11H,9-10,12H2,1-2H3,(H3,20,21,22);1H. The van der Waals surface area contributed by atoms with Gasteiger partial charge in [0.1, 0.15) is 0 Å². The van der Waals surface area contributed by atoms with Crippen LogP contribution in [0.5, 0.6) is 11.5 Å². The highest BCUT2D eigenvalue weighted by molar-refractivity contribution is 14.0. The Kier molecular flexibility index (Phi) is 10.6. The molecule has 2 aromatic rings. The topological polar surface area (TPSA) is 68.9 Å². The van der Waals surface area contributed by atoms with Gasteiger partial charge in [-0.25, -0.2) is 4.99 Å². The number of thioether (sulfide) groups is 1. The molecule has 26 heavy (non-hydrogen) atoms. The third-order valence-electron chi connectivity index (χ3n) is 3.37. The quantitative estimate of drug-likeness (QED) is 0.185. The van der Waals surface area contributed by atoms with Gasteiger partial charge in [-0.2, -0.15) is 0 Å². The van der Waals surface area contributed by atoms with Crippen molar-refractivity contribution in [3.63, 3.8) is 0 Å². The Morgan fingerprint density at radius 1 is 1.12 bits per heavy atom. The highest BCUT2D eigenvalue weighted by Gasteiger charge is 2.04. The van der Waals surface area contributed by atoms with E-state index in [0.717, 1.165) is 22.9 Å². The van der Waals surface area contributed by atoms with Crippen molar-refractivity contribution in [1.82, 2.24) is 5.32 Å². The summed E-state index contributed by atoms with van der Waals surface area (Å²) < 4.78 is 10.5. The van der Waals surface area contributed by atoms with Gasteiger partial charge in [0.15, 0.2) is 17.5 Å². The van der Waals surface area contributed by atoms with E-state index in [0.29, 0.717) is 24.0 Å². The van der Waals surface area contributed by atoms with E-state index in [9.17, 15) is 0 Å². The van der Waals surface area contributed by atoms with Gasteiger partial charge in [0, 0.05) is 22.2 Å². The molecule has 5 nitrogen and oxygen atoms in total. The van der Waals surface area contributed by atoms with Gasteiger partial charge in [0.25, 0.3) is 0 Å². The Labute approximate surface area is 180 Å². The SMILES string of the molecule is COc1ccc(CN=C(N)NCCSc2ccc(Cl)cc2)cc1OC.I. The number of benzene rings is 2. The van der Waals surface area contributed by atoms with Gasteiger partial charge in [-0.3, -0.25) is 0 Å². The number of rotatable bonds is 8. The lowest BCUT2D eigenvalue weighted by molar-refractivity contribution is 0.354. The maximum atomic E-state index is 5.90. The fraction of sp³-hybridized carbons (Fsp3) is 0.278. The zero-order valence-electron chi connectivity index (χ0n) is 14.7. The van der Waals surface area contributed by atoms with Crippen LogP contribution in [0.2, 0.25) is 5.02 Å². The van der Waals surface area contributed by atoms with Crippen molar-refractivity contribution in [2.75, 3.05) is 26.5 Å². The van der Waals surface area contributed by atoms with Crippen molar-refractivity contribution in [2.24, 2.45) is 10.7 Å². The molecule has 2 aromatic carbocycles. The zero-order valence-corrected chi connectivity index (χ0v) is 18.6. The minimum Gasteiger partial charge on any atom is -0.493 e. The number of aliphatic imine (C=N–C) groups is 1. The van der Waals surface area contributed by atoms with Gasteiger partial charge in [0.05, 0.1) is 20.8 Å². The van der Waals surface area contributed by atoms with E-state index in [4.69, 9.17) is 26.8 Å². The van der Waals surface area contributed by atoms with Crippen molar-refractivity contribution < 1.29 is 9.47 Å². The molecule has 0 heterocycles. The van der Waals surface area contributed by atoms with Gasteiger partial charge in [0.2, 0.25) is 0 Å². The molecule has 0 aliphatic carbocycles. The molecular weight excluding hydrogens is 485 g/mol. The molecule has 0 fully saturated rings. The number of nitrogens with zero attached hydrogens (tertiary/aromatic N) is 1. The second-order valence-corrected chi connectivity index (χ2v) is 6.72. The van der Waals surface area contributed by atoms with Crippen molar-refractivity contribution in [2.45, 2.75) is 11.4 Å². The highest BCUT2D eigenvalue weighted by atomic mass is 127. The lowest BCUT2D eigenvalue weighted by Gasteiger charge is -2.09. The Morgan fingerprint density at radius 2 is 1.81 bits per heavy atom. The maximum absolute atomic E-state index is 5.90. The van der Waals surface area contributed by atoms with E-state index >= 15 is 0 Å². The molecule has 0 aliphatic heterocycles. The molecule has 142 valence electrons. The number of nitrogens with one attached hydrogen (secondary N) is 1. The molecule has 0 amide bonds. The summed E-state index contributed by atoms with van der Waals surface area (Å²) in [5, 5.41) is 3.86. The van der Waals surface area contributed by atoms with Crippen molar-refractivity contribution in [3.8, 4) is 11.5 Å². The van der Waals surface area contributed by atoms with Gasteiger partial charge >= 0.3 is 0 Å². The summed E-state index contributed by atoms with van der Waals surface area (Å²) in [7, 11) is 3.22. The lowest BCUT2D eigenvalue weighted by atomic mass is 10.2. The third kappa shape index (κ3) is 7.51. The minimum absolute atomic E-state index is 0. The average Bonchev–Trinajstić information content (AvgIpc) is 2.64. The Hall–Kier alpha value is -1.32. The first-order valence-corrected chi connectivity index (χ1v) is 9.12. The number of ether oxygens (including phenoxy) is 2. The van der Waals surface area contributed by atoms with Crippen LogP contribution in [0.1, 0.15) is 5.56 Å². The van der Waals surface area contributed by atoms with Crippen LogP contribution in [0.3, 0.4) is 0 Å². The molecular formula is C18H23ClIN3O2S. The molecule has 2 rings (SSSR count). The molecule has 0 aliphatic rings. The molecule has 0 atom stereocenters. The molecule has 0 radical (unpaired) electrons. The average molecular weight is 508 g/mol. The summed E-state index contributed by atoms with van der Waals surface area (Å²) in [6, 6.07) is 13.5. The molecule has 0 saturated heterocycles. The number of halogens is 2. The molecule has 0 spiro atoms. The Bertz CT molecular complexity index is 714. The number of guanidine groups is 1. The molecule has 0 unspecified atom stereocenters. The highest BCUT2D eigenvalue weighted by Crippen LogP contribution is 2.27. The lowest BCUT2D eigenvalue weighted by Crippen LogP contribution is -2.33. The van der Waals surface area contributed by atoms with Crippen molar-refractivity contribution in [1.29, 1.82) is 0 Å². The first-order chi connectivity index (χ1) is 12.1. The van der Waals surface area contributed by atoms with Crippen LogP contribution >= 0.6 is 47.3 Å². The number of hydrogen-bond donors (Lipinski definition) is 2. The van der Waals surface area contributed by atoms with Gasteiger partial charge < -0.3 is 20.5 Å². The van der Waals surface area contributed by atoms with Crippen LogP contribution in [-0.2, 0) is 6.54 Å². The third-order valence-corrected chi connectivity index (χ3v) is 4.64. The number of methoxy groups -OCH3 is 2. The monoisotopic (exact) mass is 507 g/mol.